The highest BCUT2D eigenvalue weighted by molar-refractivity contribution is 7.99. The summed E-state index contributed by atoms with van der Waals surface area (Å²) >= 11 is 10.5. The Kier molecular flexibility index (Phi) is 3.84. The molecule has 3 heteroatoms. The van der Waals surface area contributed by atoms with Crippen LogP contribution in [0.15, 0.2) is 113 Å². The van der Waals surface area contributed by atoms with E-state index in [0.29, 0.717) is 0 Å². The van der Waals surface area contributed by atoms with Gasteiger partial charge in [0.15, 0.2) is 0 Å². The van der Waals surface area contributed by atoms with Gasteiger partial charge in [0.1, 0.15) is 0 Å². The van der Waals surface area contributed by atoms with E-state index in [1.165, 1.54) is 63.3 Å². The molecular formula is C31H17ClS2. The normalized spacial score (nSPS) is 14.7. The lowest BCUT2D eigenvalue weighted by molar-refractivity contribution is 0.724. The molecule has 1 aliphatic carbocycles. The quantitative estimate of drug-likeness (QED) is 0.205. The van der Waals surface area contributed by atoms with E-state index in [9.17, 15) is 0 Å². The molecule has 0 fully saturated rings. The van der Waals surface area contributed by atoms with Crippen LogP contribution in [-0.2, 0) is 5.41 Å². The van der Waals surface area contributed by atoms with E-state index in [0.717, 1.165) is 5.02 Å². The maximum Gasteiger partial charge on any atom is 0.0735 e. The second-order valence-corrected chi connectivity index (χ2v) is 11.6. The van der Waals surface area contributed by atoms with Gasteiger partial charge in [-0.15, -0.1) is 11.3 Å². The van der Waals surface area contributed by atoms with Crippen molar-refractivity contribution in [2.45, 2.75) is 15.2 Å². The van der Waals surface area contributed by atoms with Gasteiger partial charge in [0, 0.05) is 35.0 Å². The number of rotatable bonds is 0. The van der Waals surface area contributed by atoms with E-state index in [-0.39, 0.29) is 5.41 Å². The van der Waals surface area contributed by atoms with Crippen LogP contribution in [0.5, 0.6) is 0 Å². The Morgan fingerprint density at radius 1 is 0.559 bits per heavy atom. The van der Waals surface area contributed by atoms with Crippen LogP contribution in [0.1, 0.15) is 22.3 Å². The Bertz CT molecular complexity index is 1760. The summed E-state index contributed by atoms with van der Waals surface area (Å²) in [7, 11) is 0. The highest BCUT2D eigenvalue weighted by atomic mass is 35.5. The zero-order valence-electron chi connectivity index (χ0n) is 18.0. The second-order valence-electron chi connectivity index (χ2n) is 9.00. The topological polar surface area (TPSA) is 0 Å². The smallest absolute Gasteiger partial charge is 0.0735 e. The molecule has 34 heavy (non-hydrogen) atoms. The predicted molar refractivity (Wildman–Crippen MR) is 146 cm³/mol. The van der Waals surface area contributed by atoms with Gasteiger partial charge in [-0.25, -0.2) is 0 Å². The first-order valence-electron chi connectivity index (χ1n) is 11.4. The standard InChI is InChI=1S/C31H17ClS2/c32-25-13-7-15-27-30(25)20-16-24-29(17-28(20)34-27)33-26-14-6-5-12-23(26)31(24)21-10-3-1-8-18(21)19-9-2-4-11-22(19)31/h1-17H. The van der Waals surface area contributed by atoms with Crippen LogP contribution in [-0.4, -0.2) is 0 Å². The first kappa shape index (κ1) is 19.3. The molecule has 0 saturated carbocycles. The summed E-state index contributed by atoms with van der Waals surface area (Å²) in [6, 6.07) is 37.9. The Hall–Kier alpha value is -3.04. The van der Waals surface area contributed by atoms with Crippen LogP contribution in [0.3, 0.4) is 0 Å². The van der Waals surface area contributed by atoms with Crippen LogP contribution < -0.4 is 0 Å². The van der Waals surface area contributed by atoms with Crippen molar-refractivity contribution in [3.63, 3.8) is 0 Å². The van der Waals surface area contributed by atoms with E-state index in [1.807, 2.05) is 29.2 Å². The largest absolute Gasteiger partial charge is 0.135 e. The monoisotopic (exact) mass is 488 g/mol. The molecule has 6 aromatic rings. The van der Waals surface area contributed by atoms with Gasteiger partial charge in [-0.2, -0.15) is 0 Å². The molecule has 2 heterocycles. The highest BCUT2D eigenvalue weighted by Crippen LogP contribution is 2.62. The maximum absolute atomic E-state index is 6.76. The third-order valence-electron chi connectivity index (χ3n) is 7.41. The lowest BCUT2D eigenvalue weighted by Crippen LogP contribution is -2.31. The number of benzene rings is 5. The summed E-state index contributed by atoms with van der Waals surface area (Å²) in [6.45, 7) is 0. The predicted octanol–water partition coefficient (Wildman–Crippen LogP) is 9.54. The third-order valence-corrected chi connectivity index (χ3v) is 9.98. The van der Waals surface area contributed by atoms with Gasteiger partial charge in [0.05, 0.1) is 5.41 Å². The summed E-state index contributed by atoms with van der Waals surface area (Å²) in [4.78, 5) is 2.67. The van der Waals surface area contributed by atoms with Gasteiger partial charge < -0.3 is 0 Å². The fraction of sp³-hybridized carbons (Fsp3) is 0.0323. The number of hydrogen-bond acceptors (Lipinski definition) is 2. The summed E-state index contributed by atoms with van der Waals surface area (Å²) in [6.07, 6.45) is 0. The first-order valence-corrected chi connectivity index (χ1v) is 13.4. The van der Waals surface area contributed by atoms with Crippen LogP contribution in [0.2, 0.25) is 5.02 Å². The number of halogens is 1. The van der Waals surface area contributed by atoms with Crippen molar-refractivity contribution >= 4 is 54.9 Å². The van der Waals surface area contributed by atoms with E-state index in [1.54, 1.807) is 0 Å². The summed E-state index contributed by atoms with van der Waals surface area (Å²) < 4.78 is 2.54. The highest BCUT2D eigenvalue weighted by Gasteiger charge is 2.50. The number of thiophene rings is 1. The SMILES string of the molecule is Clc1cccc2sc3cc4c(cc3c12)C1(c2ccccc2S4)c2ccccc2-c2ccccc21. The van der Waals surface area contributed by atoms with Gasteiger partial charge in [-0.3, -0.25) is 0 Å². The molecular weight excluding hydrogens is 472 g/mol. The van der Waals surface area contributed by atoms with Crippen LogP contribution in [0.4, 0.5) is 0 Å². The van der Waals surface area contributed by atoms with Gasteiger partial charge in [-0.05, 0) is 63.7 Å². The molecule has 1 spiro atoms. The molecule has 1 aliphatic heterocycles. The zero-order chi connectivity index (χ0) is 22.4. The Morgan fingerprint density at radius 3 is 2.00 bits per heavy atom. The van der Waals surface area contributed by atoms with Crippen molar-refractivity contribution < 1.29 is 0 Å². The molecule has 0 atom stereocenters. The number of fused-ring (bicyclic) bond motifs is 12. The van der Waals surface area contributed by atoms with E-state index < -0.39 is 0 Å². The zero-order valence-corrected chi connectivity index (χ0v) is 20.4. The molecule has 8 rings (SSSR count). The van der Waals surface area contributed by atoms with E-state index >= 15 is 0 Å². The van der Waals surface area contributed by atoms with E-state index in [2.05, 4.69) is 97.1 Å². The van der Waals surface area contributed by atoms with Gasteiger partial charge in [-0.1, -0.05) is 96.2 Å². The Morgan fingerprint density at radius 2 is 1.24 bits per heavy atom. The van der Waals surface area contributed by atoms with Gasteiger partial charge >= 0.3 is 0 Å². The minimum Gasteiger partial charge on any atom is -0.135 e. The lowest BCUT2D eigenvalue weighted by Gasteiger charge is -2.39. The maximum atomic E-state index is 6.76. The molecule has 0 unspecified atom stereocenters. The average Bonchev–Trinajstić information content (AvgIpc) is 3.38. The van der Waals surface area contributed by atoms with Crippen molar-refractivity contribution in [1.82, 2.24) is 0 Å². The number of hydrogen-bond donors (Lipinski definition) is 0. The van der Waals surface area contributed by atoms with Crippen molar-refractivity contribution in [2.75, 3.05) is 0 Å². The molecule has 0 radical (unpaired) electrons. The molecule has 0 nitrogen and oxygen atoms in total. The second kappa shape index (κ2) is 6.76. The third kappa shape index (κ3) is 2.27. The molecule has 5 aromatic carbocycles. The fourth-order valence-corrected chi connectivity index (χ4v) is 8.91. The van der Waals surface area contributed by atoms with Gasteiger partial charge in [0.25, 0.3) is 0 Å². The lowest BCUT2D eigenvalue weighted by atomic mass is 9.67. The summed E-state index contributed by atoms with van der Waals surface area (Å²) in [5.41, 5.74) is 7.80. The average molecular weight is 489 g/mol. The molecule has 0 saturated heterocycles. The summed E-state index contributed by atoms with van der Waals surface area (Å²) in [5.74, 6) is 0. The van der Waals surface area contributed by atoms with Crippen LogP contribution in [0.25, 0.3) is 31.3 Å². The van der Waals surface area contributed by atoms with Crippen molar-refractivity contribution in [3.8, 4) is 11.1 Å². The molecule has 1 aromatic heterocycles. The van der Waals surface area contributed by atoms with E-state index in [4.69, 9.17) is 11.6 Å². The van der Waals surface area contributed by atoms with Gasteiger partial charge in [0.2, 0.25) is 0 Å². The molecule has 160 valence electrons. The minimum absolute atomic E-state index is 0.339. The molecule has 0 bridgehead atoms. The summed E-state index contributed by atoms with van der Waals surface area (Å²) in [5, 5.41) is 3.25. The molecule has 0 amide bonds. The van der Waals surface area contributed by atoms with Crippen molar-refractivity contribution in [3.05, 3.63) is 130 Å². The van der Waals surface area contributed by atoms with Crippen LogP contribution in [0, 0.1) is 0 Å². The minimum atomic E-state index is -0.339. The Labute approximate surface area is 210 Å². The molecule has 0 N–H and O–H groups in total. The fourth-order valence-electron chi connectivity index (χ4n) is 6.13. The Balaban J connectivity index is 1.60. The first-order chi connectivity index (χ1) is 16.8. The molecule has 2 aliphatic rings. The van der Waals surface area contributed by atoms with Crippen molar-refractivity contribution in [1.29, 1.82) is 0 Å². The van der Waals surface area contributed by atoms with Crippen LogP contribution >= 0.6 is 34.7 Å². The van der Waals surface area contributed by atoms with Crippen molar-refractivity contribution in [2.24, 2.45) is 0 Å².